The summed E-state index contributed by atoms with van der Waals surface area (Å²) in [5, 5.41) is 77.2. The summed E-state index contributed by atoms with van der Waals surface area (Å²) in [5.74, 6) is -2.38. The summed E-state index contributed by atoms with van der Waals surface area (Å²) in [5.41, 5.74) is 0. The number of rotatable bonds is 4. The van der Waals surface area contributed by atoms with Gasteiger partial charge in [-0.25, -0.2) is 0 Å². The molecule has 9 atom stereocenters. The average molecular weight is 342 g/mol. The molecule has 2 heterocycles. The van der Waals surface area contributed by atoms with Crippen molar-refractivity contribution >= 4 is 0 Å². The number of aliphatic hydroxyl groups is 8. The van der Waals surface area contributed by atoms with Gasteiger partial charge in [-0.1, -0.05) is 0 Å². The maximum atomic E-state index is 10.1. The van der Waals surface area contributed by atoms with Crippen molar-refractivity contribution < 1.29 is 55.1 Å². The highest BCUT2D eigenvalue weighted by Crippen LogP contribution is 2.30. The van der Waals surface area contributed by atoms with Crippen molar-refractivity contribution in [1.82, 2.24) is 0 Å². The van der Waals surface area contributed by atoms with E-state index in [2.05, 4.69) is 0 Å². The fourth-order valence-corrected chi connectivity index (χ4v) is 2.53. The molecule has 11 heteroatoms. The summed E-state index contributed by atoms with van der Waals surface area (Å²) < 4.78 is 15.1. The lowest BCUT2D eigenvalue weighted by Crippen LogP contribution is -2.67. The van der Waals surface area contributed by atoms with Gasteiger partial charge in [0.25, 0.3) is 0 Å². The van der Waals surface area contributed by atoms with Gasteiger partial charge in [0.2, 0.25) is 5.79 Å². The smallest absolute Gasteiger partial charge is 0.219 e. The Morgan fingerprint density at radius 1 is 0.957 bits per heavy atom. The lowest BCUT2D eigenvalue weighted by atomic mass is 9.96. The molecule has 2 aliphatic rings. The van der Waals surface area contributed by atoms with Crippen LogP contribution in [0.2, 0.25) is 0 Å². The Morgan fingerprint density at radius 2 is 1.61 bits per heavy atom. The molecule has 4 unspecified atom stereocenters. The van der Waals surface area contributed by atoms with Crippen molar-refractivity contribution in [2.45, 2.75) is 54.8 Å². The largest absolute Gasteiger partial charge is 0.394 e. The van der Waals surface area contributed by atoms with Crippen molar-refractivity contribution in [3.63, 3.8) is 0 Å². The molecular weight excluding hydrogens is 320 g/mol. The van der Waals surface area contributed by atoms with Gasteiger partial charge in [-0.15, -0.1) is 0 Å². The third kappa shape index (κ3) is 3.50. The number of hydrogen-bond donors (Lipinski definition) is 8. The van der Waals surface area contributed by atoms with Crippen molar-refractivity contribution in [2.24, 2.45) is 0 Å². The van der Waals surface area contributed by atoms with Crippen LogP contribution in [-0.4, -0.2) is 115 Å². The van der Waals surface area contributed by atoms with E-state index >= 15 is 0 Å². The molecule has 0 saturated carbocycles. The van der Waals surface area contributed by atoms with Crippen LogP contribution in [-0.2, 0) is 14.2 Å². The third-order valence-corrected chi connectivity index (χ3v) is 4.01. The fourth-order valence-electron chi connectivity index (χ4n) is 2.53. The molecule has 2 rings (SSSR count). The van der Waals surface area contributed by atoms with Crippen LogP contribution in [0.25, 0.3) is 0 Å². The maximum absolute atomic E-state index is 10.1. The molecule has 0 aromatic carbocycles. The Bertz CT molecular complexity index is 393. The SMILES string of the molecule is OCC1O[C@H](O[C@H]2[C@@H](O)C(O)COC2(O)CO)C(O)[C@H](O)[C@@H]1O. The molecule has 0 bridgehead atoms. The Morgan fingerprint density at radius 3 is 2.17 bits per heavy atom. The predicted octanol–water partition coefficient (Wildman–Crippen LogP) is -5.40. The van der Waals surface area contributed by atoms with E-state index in [4.69, 9.17) is 19.3 Å². The molecule has 0 aromatic rings. The van der Waals surface area contributed by atoms with E-state index in [-0.39, 0.29) is 0 Å². The van der Waals surface area contributed by atoms with Crippen LogP contribution in [0.15, 0.2) is 0 Å². The van der Waals surface area contributed by atoms with Crippen LogP contribution in [0.1, 0.15) is 0 Å². The quantitative estimate of drug-likeness (QED) is 0.243. The monoisotopic (exact) mass is 342 g/mol. The molecule has 2 aliphatic heterocycles. The predicted molar refractivity (Wildman–Crippen MR) is 68.6 cm³/mol. The standard InChI is InChI=1S/C12H22O11/c13-1-5-7(17)8(18)9(19)11(22-5)23-10-6(16)4(15)2-21-12(10,20)3-14/h4-11,13-20H,1-3H2/t4?,5?,6-,7+,8+,9?,10-,11+,12?/m0/s1. The molecule has 2 saturated heterocycles. The van der Waals surface area contributed by atoms with Crippen LogP contribution >= 0.6 is 0 Å². The van der Waals surface area contributed by atoms with E-state index in [9.17, 15) is 35.7 Å². The molecule has 2 fully saturated rings. The lowest BCUT2D eigenvalue weighted by Gasteiger charge is -2.47. The zero-order valence-electron chi connectivity index (χ0n) is 12.0. The summed E-state index contributed by atoms with van der Waals surface area (Å²) in [6.45, 7) is -2.15. The van der Waals surface area contributed by atoms with Crippen molar-refractivity contribution in [1.29, 1.82) is 0 Å². The van der Waals surface area contributed by atoms with E-state index in [1.165, 1.54) is 0 Å². The van der Waals surface area contributed by atoms with E-state index in [1.54, 1.807) is 0 Å². The minimum absolute atomic E-state index is 0.466. The van der Waals surface area contributed by atoms with Gasteiger partial charge in [0.15, 0.2) is 6.29 Å². The summed E-state index contributed by atoms with van der Waals surface area (Å²) in [6, 6.07) is 0. The molecule has 23 heavy (non-hydrogen) atoms. The van der Waals surface area contributed by atoms with Crippen molar-refractivity contribution in [2.75, 3.05) is 19.8 Å². The second-order valence-corrected chi connectivity index (χ2v) is 5.63. The molecule has 11 nitrogen and oxygen atoms in total. The van der Waals surface area contributed by atoms with Crippen LogP contribution in [0.4, 0.5) is 0 Å². The zero-order chi connectivity index (χ0) is 17.4. The highest BCUT2D eigenvalue weighted by molar-refractivity contribution is 4.95. The average Bonchev–Trinajstić information content (AvgIpc) is 2.55. The van der Waals surface area contributed by atoms with Crippen LogP contribution in [0, 0.1) is 0 Å². The summed E-state index contributed by atoms with van der Waals surface area (Å²) >= 11 is 0. The first kappa shape index (κ1) is 18.9. The van der Waals surface area contributed by atoms with Crippen molar-refractivity contribution in [3.05, 3.63) is 0 Å². The number of aliphatic hydroxyl groups excluding tert-OH is 7. The third-order valence-electron chi connectivity index (χ3n) is 4.01. The molecule has 0 aromatic heterocycles. The van der Waals surface area contributed by atoms with Crippen molar-refractivity contribution in [3.8, 4) is 0 Å². The fraction of sp³-hybridized carbons (Fsp3) is 1.00. The molecule has 0 aliphatic carbocycles. The molecular formula is C12H22O11. The first-order chi connectivity index (χ1) is 10.7. The second-order valence-electron chi connectivity index (χ2n) is 5.63. The zero-order valence-corrected chi connectivity index (χ0v) is 12.0. The Hall–Kier alpha value is -0.440. The minimum Gasteiger partial charge on any atom is -0.394 e. The van der Waals surface area contributed by atoms with E-state index in [1.807, 2.05) is 0 Å². The highest BCUT2D eigenvalue weighted by atomic mass is 16.7. The summed E-state index contributed by atoms with van der Waals surface area (Å²) in [6.07, 6.45) is -12.9. The molecule has 0 amide bonds. The first-order valence-corrected chi connectivity index (χ1v) is 7.04. The minimum atomic E-state index is -2.38. The molecule has 136 valence electrons. The van der Waals surface area contributed by atoms with Crippen LogP contribution in [0.3, 0.4) is 0 Å². The lowest BCUT2D eigenvalue weighted by molar-refractivity contribution is -0.387. The Labute approximate surface area is 130 Å². The highest BCUT2D eigenvalue weighted by Gasteiger charge is 2.53. The topological polar surface area (TPSA) is 190 Å². The molecule has 8 N–H and O–H groups in total. The summed E-state index contributed by atoms with van der Waals surface area (Å²) in [4.78, 5) is 0. The van der Waals surface area contributed by atoms with Gasteiger partial charge >= 0.3 is 0 Å². The Kier molecular flexibility index (Phi) is 5.92. The van der Waals surface area contributed by atoms with Gasteiger partial charge in [-0.05, 0) is 0 Å². The van der Waals surface area contributed by atoms with Crippen LogP contribution < -0.4 is 0 Å². The number of ether oxygens (including phenoxy) is 3. The van der Waals surface area contributed by atoms with Gasteiger partial charge in [0.1, 0.15) is 42.7 Å². The van der Waals surface area contributed by atoms with E-state index in [0.717, 1.165) is 0 Å². The molecule has 0 spiro atoms. The number of hydrogen-bond acceptors (Lipinski definition) is 11. The first-order valence-electron chi connectivity index (χ1n) is 7.04. The van der Waals surface area contributed by atoms with E-state index in [0.29, 0.717) is 0 Å². The Balaban J connectivity index is 2.17. The van der Waals surface area contributed by atoms with Gasteiger partial charge < -0.3 is 55.1 Å². The van der Waals surface area contributed by atoms with E-state index < -0.39 is 74.6 Å². The van der Waals surface area contributed by atoms with Gasteiger partial charge in [-0.3, -0.25) is 0 Å². The second kappa shape index (κ2) is 7.21. The summed E-state index contributed by atoms with van der Waals surface area (Å²) in [7, 11) is 0. The van der Waals surface area contributed by atoms with Gasteiger partial charge in [-0.2, -0.15) is 0 Å². The maximum Gasteiger partial charge on any atom is 0.219 e. The van der Waals surface area contributed by atoms with Crippen LogP contribution in [0.5, 0.6) is 0 Å². The normalized spacial score (nSPS) is 51.7. The van der Waals surface area contributed by atoms with Gasteiger partial charge in [0, 0.05) is 0 Å². The van der Waals surface area contributed by atoms with Gasteiger partial charge in [0.05, 0.1) is 19.8 Å². The molecule has 0 radical (unpaired) electrons.